The van der Waals surface area contributed by atoms with Gasteiger partial charge in [-0.15, -0.1) is 0 Å². The van der Waals surface area contributed by atoms with Crippen molar-refractivity contribution in [2.45, 2.75) is 25.8 Å². The molecule has 0 amide bonds. The zero-order chi connectivity index (χ0) is 14.7. The number of hydrogen-bond donors (Lipinski definition) is 1. The predicted octanol–water partition coefficient (Wildman–Crippen LogP) is 2.03. The highest BCUT2D eigenvalue weighted by atomic mass is 16.6. The van der Waals surface area contributed by atoms with Gasteiger partial charge < -0.3 is 10.6 Å². The van der Waals surface area contributed by atoms with Gasteiger partial charge in [0.1, 0.15) is 5.69 Å². The van der Waals surface area contributed by atoms with Gasteiger partial charge in [-0.25, -0.2) is 0 Å². The lowest BCUT2D eigenvalue weighted by molar-refractivity contribution is -0.384. The van der Waals surface area contributed by atoms with Crippen molar-refractivity contribution in [1.29, 1.82) is 5.26 Å². The van der Waals surface area contributed by atoms with E-state index < -0.39 is 4.92 Å². The van der Waals surface area contributed by atoms with Crippen LogP contribution in [0.2, 0.25) is 0 Å². The summed E-state index contributed by atoms with van der Waals surface area (Å²) in [6, 6.07) is 6.67. The fourth-order valence-electron chi connectivity index (χ4n) is 2.67. The van der Waals surface area contributed by atoms with Crippen LogP contribution in [0, 0.1) is 27.4 Å². The van der Waals surface area contributed by atoms with Gasteiger partial charge in [-0.3, -0.25) is 10.1 Å². The van der Waals surface area contributed by atoms with Crippen LogP contribution in [-0.2, 0) is 0 Å². The summed E-state index contributed by atoms with van der Waals surface area (Å²) in [4.78, 5) is 12.7. The Hall–Kier alpha value is -2.13. The largest absolute Gasteiger partial charge is 0.366 e. The van der Waals surface area contributed by atoms with E-state index >= 15 is 0 Å². The first-order valence-electron chi connectivity index (χ1n) is 6.72. The number of hydrogen-bond acceptors (Lipinski definition) is 5. The summed E-state index contributed by atoms with van der Waals surface area (Å²) in [6.07, 6.45) is 1.84. The maximum absolute atomic E-state index is 11.1. The fraction of sp³-hybridized carbons (Fsp3) is 0.500. The molecule has 1 heterocycles. The first-order chi connectivity index (χ1) is 9.52. The number of benzene rings is 1. The normalized spacial score (nSPS) is 17.6. The van der Waals surface area contributed by atoms with Crippen molar-refractivity contribution >= 4 is 11.4 Å². The number of nitrogens with zero attached hydrogens (tertiary/aromatic N) is 3. The molecule has 0 spiro atoms. The third kappa shape index (κ3) is 2.89. The fourth-order valence-corrected chi connectivity index (χ4v) is 2.67. The number of nitro benzene ring substituents is 1. The van der Waals surface area contributed by atoms with Crippen LogP contribution in [0.15, 0.2) is 18.2 Å². The van der Waals surface area contributed by atoms with Gasteiger partial charge in [0.05, 0.1) is 16.6 Å². The zero-order valence-corrected chi connectivity index (χ0v) is 11.5. The molecule has 1 aliphatic rings. The molecule has 106 valence electrons. The monoisotopic (exact) mass is 274 g/mol. The van der Waals surface area contributed by atoms with Crippen molar-refractivity contribution in [2.24, 2.45) is 11.7 Å². The number of nitro groups is 1. The number of rotatable bonds is 3. The number of piperidine rings is 1. The van der Waals surface area contributed by atoms with Crippen LogP contribution in [0.3, 0.4) is 0 Å². The number of nitrogens with two attached hydrogens (primary N) is 1. The molecule has 1 aromatic carbocycles. The molecular weight excluding hydrogens is 256 g/mol. The van der Waals surface area contributed by atoms with Crippen molar-refractivity contribution in [3.8, 4) is 6.07 Å². The predicted molar refractivity (Wildman–Crippen MR) is 76.4 cm³/mol. The van der Waals surface area contributed by atoms with Gasteiger partial charge in [0.25, 0.3) is 5.69 Å². The molecule has 1 fully saturated rings. The average Bonchev–Trinajstić information content (AvgIpc) is 2.46. The van der Waals surface area contributed by atoms with Crippen LogP contribution >= 0.6 is 0 Å². The summed E-state index contributed by atoms with van der Waals surface area (Å²) in [5, 5.41) is 20.1. The molecule has 20 heavy (non-hydrogen) atoms. The van der Waals surface area contributed by atoms with E-state index in [0.717, 1.165) is 25.9 Å². The third-order valence-electron chi connectivity index (χ3n) is 3.93. The third-order valence-corrected chi connectivity index (χ3v) is 3.93. The van der Waals surface area contributed by atoms with E-state index in [1.165, 1.54) is 12.1 Å². The van der Waals surface area contributed by atoms with Gasteiger partial charge in [-0.1, -0.05) is 0 Å². The Morgan fingerprint density at radius 2 is 2.15 bits per heavy atom. The van der Waals surface area contributed by atoms with Crippen molar-refractivity contribution in [2.75, 3.05) is 18.0 Å². The highest BCUT2D eigenvalue weighted by molar-refractivity contribution is 5.66. The Morgan fingerprint density at radius 1 is 1.50 bits per heavy atom. The molecule has 0 radical (unpaired) electrons. The summed E-state index contributed by atoms with van der Waals surface area (Å²) in [5.74, 6) is 0.462. The molecule has 0 bridgehead atoms. The van der Waals surface area contributed by atoms with Crippen LogP contribution in [-0.4, -0.2) is 24.1 Å². The van der Waals surface area contributed by atoms with E-state index in [4.69, 9.17) is 11.0 Å². The highest BCUT2D eigenvalue weighted by Crippen LogP contribution is 2.32. The number of anilines is 1. The molecule has 0 aromatic heterocycles. The smallest absolute Gasteiger partial charge is 0.292 e. The van der Waals surface area contributed by atoms with E-state index in [2.05, 4.69) is 0 Å². The van der Waals surface area contributed by atoms with Crippen LogP contribution in [0.1, 0.15) is 25.3 Å². The lowest BCUT2D eigenvalue weighted by Crippen LogP contribution is -2.39. The van der Waals surface area contributed by atoms with Gasteiger partial charge in [0, 0.05) is 25.2 Å². The van der Waals surface area contributed by atoms with Crippen LogP contribution in [0.25, 0.3) is 0 Å². The van der Waals surface area contributed by atoms with Crippen molar-refractivity contribution in [3.05, 3.63) is 33.9 Å². The van der Waals surface area contributed by atoms with Crippen molar-refractivity contribution in [1.82, 2.24) is 0 Å². The van der Waals surface area contributed by atoms with E-state index in [9.17, 15) is 10.1 Å². The Balaban J connectivity index is 2.24. The second kappa shape index (κ2) is 5.88. The minimum atomic E-state index is -0.395. The SMILES string of the molecule is CC(N)C1CCN(c2cc(C#N)ccc2[N+](=O)[O-])CC1. The van der Waals surface area contributed by atoms with Crippen molar-refractivity contribution in [3.63, 3.8) is 0 Å². The number of nitriles is 1. The highest BCUT2D eigenvalue weighted by Gasteiger charge is 2.26. The molecule has 2 rings (SSSR count). The summed E-state index contributed by atoms with van der Waals surface area (Å²) in [6.45, 7) is 3.48. The summed E-state index contributed by atoms with van der Waals surface area (Å²) in [5.41, 5.74) is 6.95. The Bertz CT molecular complexity index is 543. The second-order valence-corrected chi connectivity index (χ2v) is 5.26. The minimum absolute atomic E-state index is 0.0586. The lowest BCUT2D eigenvalue weighted by Gasteiger charge is -2.34. The Kier molecular flexibility index (Phi) is 4.20. The topological polar surface area (TPSA) is 96.2 Å². The molecule has 2 N–H and O–H groups in total. The quantitative estimate of drug-likeness (QED) is 0.672. The maximum Gasteiger partial charge on any atom is 0.292 e. The van der Waals surface area contributed by atoms with Gasteiger partial charge in [-0.2, -0.15) is 5.26 Å². The average molecular weight is 274 g/mol. The summed E-state index contributed by atoms with van der Waals surface area (Å²) < 4.78 is 0. The van der Waals surface area contributed by atoms with Gasteiger partial charge in [-0.05, 0) is 37.8 Å². The molecule has 6 nitrogen and oxygen atoms in total. The first kappa shape index (κ1) is 14.3. The lowest BCUT2D eigenvalue weighted by atomic mass is 9.90. The van der Waals surface area contributed by atoms with Gasteiger partial charge in [0.15, 0.2) is 0 Å². The van der Waals surface area contributed by atoms with Crippen molar-refractivity contribution < 1.29 is 4.92 Å². The van der Waals surface area contributed by atoms with Crippen LogP contribution < -0.4 is 10.6 Å². The molecule has 1 aliphatic heterocycles. The molecule has 1 saturated heterocycles. The molecule has 1 atom stereocenters. The summed E-state index contributed by atoms with van der Waals surface area (Å²) >= 11 is 0. The molecule has 1 aromatic rings. The standard InChI is InChI=1S/C14H18N4O2/c1-10(16)12-4-6-17(7-5-12)14-8-11(9-15)2-3-13(14)18(19)20/h2-3,8,10,12H,4-7,16H2,1H3. The zero-order valence-electron chi connectivity index (χ0n) is 11.5. The Morgan fingerprint density at radius 3 is 2.65 bits per heavy atom. The van der Waals surface area contributed by atoms with Gasteiger partial charge >= 0.3 is 0 Å². The van der Waals surface area contributed by atoms with Gasteiger partial charge in [0.2, 0.25) is 0 Å². The molecule has 0 aliphatic carbocycles. The maximum atomic E-state index is 11.1. The Labute approximate surface area is 117 Å². The molecular formula is C14H18N4O2. The molecule has 6 heteroatoms. The van der Waals surface area contributed by atoms with E-state index in [1.807, 2.05) is 17.9 Å². The van der Waals surface area contributed by atoms with E-state index in [0.29, 0.717) is 17.2 Å². The summed E-state index contributed by atoms with van der Waals surface area (Å²) in [7, 11) is 0. The first-order valence-corrected chi connectivity index (χ1v) is 6.72. The van der Waals surface area contributed by atoms with E-state index in [1.54, 1.807) is 6.07 Å². The van der Waals surface area contributed by atoms with E-state index in [-0.39, 0.29) is 11.7 Å². The van der Waals surface area contributed by atoms with Crippen LogP contribution in [0.5, 0.6) is 0 Å². The minimum Gasteiger partial charge on any atom is -0.366 e. The second-order valence-electron chi connectivity index (χ2n) is 5.26. The molecule has 0 saturated carbocycles. The molecule has 1 unspecified atom stereocenters. The van der Waals surface area contributed by atoms with Crippen LogP contribution in [0.4, 0.5) is 11.4 Å².